The maximum Gasteiger partial charge on any atom is 0.264 e. The standard InChI is InChI=1S/C37H42FN3O5S/c1-5-28(4)39-37(43)35(24-29-12-8-7-9-13-29)40(25-30-14-10-11-27(3)23-30)36(42)26-41(32-17-19-33(20-18-32)46-6-2)47(44,45)34-21-15-31(38)16-22-34/h7-23,28,35H,5-6,24-26H2,1-4H3,(H,39,43)/t28-,35-/m1/s1. The van der Waals surface area contributed by atoms with Crippen LogP contribution < -0.4 is 14.4 Å². The summed E-state index contributed by atoms with van der Waals surface area (Å²) in [5.74, 6) is -0.968. The van der Waals surface area contributed by atoms with Gasteiger partial charge in [0.05, 0.1) is 17.2 Å². The summed E-state index contributed by atoms with van der Waals surface area (Å²) in [5, 5.41) is 3.03. The van der Waals surface area contributed by atoms with Gasteiger partial charge in [0.1, 0.15) is 24.2 Å². The molecule has 8 nitrogen and oxygen atoms in total. The first-order chi connectivity index (χ1) is 22.5. The van der Waals surface area contributed by atoms with Crippen molar-refractivity contribution in [1.82, 2.24) is 10.2 Å². The largest absolute Gasteiger partial charge is 0.494 e. The smallest absolute Gasteiger partial charge is 0.264 e. The summed E-state index contributed by atoms with van der Waals surface area (Å²) in [6, 6.07) is 26.8. The molecular formula is C37H42FN3O5S. The van der Waals surface area contributed by atoms with Gasteiger partial charge >= 0.3 is 0 Å². The normalized spacial score (nSPS) is 12.5. The molecule has 4 rings (SSSR count). The summed E-state index contributed by atoms with van der Waals surface area (Å²) < 4.78 is 48.6. The molecule has 0 saturated heterocycles. The molecule has 0 heterocycles. The van der Waals surface area contributed by atoms with Gasteiger partial charge in [-0.15, -0.1) is 0 Å². The molecule has 0 bridgehead atoms. The predicted octanol–water partition coefficient (Wildman–Crippen LogP) is 6.28. The van der Waals surface area contributed by atoms with Crippen molar-refractivity contribution in [2.45, 2.75) is 64.1 Å². The lowest BCUT2D eigenvalue weighted by molar-refractivity contribution is -0.140. The van der Waals surface area contributed by atoms with Crippen LogP contribution in [0.25, 0.3) is 0 Å². The van der Waals surface area contributed by atoms with Crippen LogP contribution in [0, 0.1) is 12.7 Å². The van der Waals surface area contributed by atoms with Crippen molar-refractivity contribution >= 4 is 27.5 Å². The van der Waals surface area contributed by atoms with Crippen LogP contribution in [0.4, 0.5) is 10.1 Å². The number of nitrogens with one attached hydrogen (secondary N) is 1. The SMILES string of the molecule is CCOc1ccc(N(CC(=O)N(Cc2cccc(C)c2)[C@H](Cc2ccccc2)C(=O)N[C@H](C)CC)S(=O)(=O)c2ccc(F)cc2)cc1. The second-order valence-electron chi connectivity index (χ2n) is 11.4. The van der Waals surface area contributed by atoms with Crippen molar-refractivity contribution in [1.29, 1.82) is 0 Å². The minimum atomic E-state index is -4.35. The second-order valence-corrected chi connectivity index (χ2v) is 13.3. The highest BCUT2D eigenvalue weighted by Gasteiger charge is 2.35. The topological polar surface area (TPSA) is 96.0 Å². The van der Waals surface area contributed by atoms with Crippen LogP contribution in [0.15, 0.2) is 108 Å². The number of nitrogens with zero attached hydrogens (tertiary/aromatic N) is 2. The van der Waals surface area contributed by atoms with E-state index >= 15 is 0 Å². The highest BCUT2D eigenvalue weighted by atomic mass is 32.2. The van der Waals surface area contributed by atoms with Gasteiger partial charge in [0, 0.05) is 19.0 Å². The number of hydrogen-bond donors (Lipinski definition) is 1. The van der Waals surface area contributed by atoms with Crippen LogP contribution in [0.2, 0.25) is 0 Å². The predicted molar refractivity (Wildman–Crippen MR) is 182 cm³/mol. The molecule has 1 N–H and O–H groups in total. The van der Waals surface area contributed by atoms with Crippen molar-refractivity contribution in [3.63, 3.8) is 0 Å². The molecule has 0 aliphatic rings. The number of aryl methyl sites for hydroxylation is 1. The molecule has 0 aromatic heterocycles. The van der Waals surface area contributed by atoms with Gasteiger partial charge in [0.25, 0.3) is 10.0 Å². The van der Waals surface area contributed by atoms with E-state index in [4.69, 9.17) is 4.74 Å². The van der Waals surface area contributed by atoms with Crippen LogP contribution in [-0.4, -0.2) is 50.4 Å². The number of hydrogen-bond acceptors (Lipinski definition) is 5. The zero-order valence-corrected chi connectivity index (χ0v) is 28.0. The maximum absolute atomic E-state index is 14.6. The minimum absolute atomic E-state index is 0.0691. The van der Waals surface area contributed by atoms with Gasteiger partial charge in [-0.1, -0.05) is 67.1 Å². The van der Waals surface area contributed by atoms with E-state index in [1.54, 1.807) is 24.3 Å². The highest BCUT2D eigenvalue weighted by molar-refractivity contribution is 7.92. The monoisotopic (exact) mass is 659 g/mol. The molecule has 0 aliphatic heterocycles. The van der Waals surface area contributed by atoms with Gasteiger partial charge in [-0.25, -0.2) is 12.8 Å². The molecule has 2 atom stereocenters. The maximum atomic E-state index is 14.6. The minimum Gasteiger partial charge on any atom is -0.494 e. The number of sulfonamides is 1. The van der Waals surface area contributed by atoms with Gasteiger partial charge in [-0.2, -0.15) is 0 Å². The van der Waals surface area contributed by atoms with Gasteiger partial charge in [-0.05, 0) is 86.8 Å². The fourth-order valence-electron chi connectivity index (χ4n) is 5.14. The Morgan fingerprint density at radius 1 is 0.872 bits per heavy atom. The third-order valence-corrected chi connectivity index (χ3v) is 9.61. The average Bonchev–Trinajstić information content (AvgIpc) is 3.06. The van der Waals surface area contributed by atoms with E-state index in [0.29, 0.717) is 18.8 Å². The molecule has 0 unspecified atom stereocenters. The molecule has 2 amide bonds. The van der Waals surface area contributed by atoms with Gasteiger partial charge in [0.2, 0.25) is 11.8 Å². The fourth-order valence-corrected chi connectivity index (χ4v) is 6.55. The Kier molecular flexibility index (Phi) is 12.1. The number of carbonyl (C=O) groups excluding carboxylic acids is 2. The number of rotatable bonds is 15. The highest BCUT2D eigenvalue weighted by Crippen LogP contribution is 2.27. The Morgan fingerprint density at radius 3 is 2.15 bits per heavy atom. The van der Waals surface area contributed by atoms with Crippen molar-refractivity contribution < 1.29 is 27.1 Å². The lowest BCUT2D eigenvalue weighted by Crippen LogP contribution is -2.54. The van der Waals surface area contributed by atoms with Crippen LogP contribution >= 0.6 is 0 Å². The lowest BCUT2D eigenvalue weighted by Gasteiger charge is -2.34. The van der Waals surface area contributed by atoms with E-state index in [9.17, 15) is 22.4 Å². The Morgan fingerprint density at radius 2 is 1.53 bits per heavy atom. The summed E-state index contributed by atoms with van der Waals surface area (Å²) in [4.78, 5) is 29.8. The Hall–Kier alpha value is -4.70. The van der Waals surface area contributed by atoms with Gasteiger partial charge < -0.3 is 15.0 Å². The molecule has 10 heteroatoms. The van der Waals surface area contributed by atoms with Crippen molar-refractivity contribution in [3.05, 3.63) is 126 Å². The van der Waals surface area contributed by atoms with Gasteiger partial charge in [0.15, 0.2) is 0 Å². The summed E-state index contributed by atoms with van der Waals surface area (Å²) >= 11 is 0. The molecule has 0 aliphatic carbocycles. The quantitative estimate of drug-likeness (QED) is 0.162. The molecule has 248 valence electrons. The number of carbonyl (C=O) groups is 2. The molecule has 0 spiro atoms. The van der Waals surface area contributed by atoms with Crippen LogP contribution in [0.3, 0.4) is 0 Å². The summed E-state index contributed by atoms with van der Waals surface area (Å²) in [6.07, 6.45) is 0.908. The third kappa shape index (κ3) is 9.42. The van der Waals surface area contributed by atoms with Crippen LogP contribution in [-0.2, 0) is 32.6 Å². The Balaban J connectivity index is 1.81. The number of ether oxygens (including phenoxy) is 1. The fraction of sp³-hybridized carbons (Fsp3) is 0.297. The number of amides is 2. The van der Waals surface area contributed by atoms with E-state index in [0.717, 1.165) is 33.1 Å². The van der Waals surface area contributed by atoms with Crippen molar-refractivity contribution in [2.24, 2.45) is 0 Å². The summed E-state index contributed by atoms with van der Waals surface area (Å²) in [7, 11) is -4.35. The van der Waals surface area contributed by atoms with E-state index in [2.05, 4.69) is 5.32 Å². The first kappa shape index (κ1) is 35.2. The molecule has 0 radical (unpaired) electrons. The molecule has 0 fully saturated rings. The molecule has 4 aromatic carbocycles. The molecule has 47 heavy (non-hydrogen) atoms. The third-order valence-electron chi connectivity index (χ3n) is 7.82. The van der Waals surface area contributed by atoms with E-state index in [-0.39, 0.29) is 35.5 Å². The Bertz CT molecular complexity index is 1730. The van der Waals surface area contributed by atoms with Crippen molar-refractivity contribution in [2.75, 3.05) is 17.5 Å². The molecule has 0 saturated carbocycles. The first-order valence-electron chi connectivity index (χ1n) is 15.7. The van der Waals surface area contributed by atoms with Crippen molar-refractivity contribution in [3.8, 4) is 5.75 Å². The molecular weight excluding hydrogens is 617 g/mol. The molecule has 4 aromatic rings. The number of benzene rings is 4. The first-order valence-corrected chi connectivity index (χ1v) is 17.2. The number of anilines is 1. The van der Waals surface area contributed by atoms with E-state index < -0.39 is 34.3 Å². The number of halogens is 1. The average molecular weight is 660 g/mol. The van der Waals surface area contributed by atoms with Gasteiger partial charge in [-0.3, -0.25) is 13.9 Å². The lowest BCUT2D eigenvalue weighted by atomic mass is 10.0. The zero-order valence-electron chi connectivity index (χ0n) is 27.2. The van der Waals surface area contributed by atoms with E-state index in [1.807, 2.05) is 82.3 Å². The van der Waals surface area contributed by atoms with Crippen LogP contribution in [0.1, 0.15) is 43.9 Å². The van der Waals surface area contributed by atoms with E-state index in [1.165, 1.54) is 17.0 Å². The Labute approximate surface area is 277 Å². The summed E-state index contributed by atoms with van der Waals surface area (Å²) in [5.41, 5.74) is 2.83. The zero-order chi connectivity index (χ0) is 34.0. The second kappa shape index (κ2) is 16.2. The summed E-state index contributed by atoms with van der Waals surface area (Å²) in [6.45, 7) is 7.51. The van der Waals surface area contributed by atoms with Crippen LogP contribution in [0.5, 0.6) is 5.75 Å².